The fraction of sp³-hybridized carbons (Fsp3) is 0.263. The third-order valence-electron chi connectivity index (χ3n) is 3.95. The predicted octanol–water partition coefficient (Wildman–Crippen LogP) is 3.33. The van der Waals surface area contributed by atoms with Crippen molar-refractivity contribution in [3.05, 3.63) is 69.0 Å². The maximum absolute atomic E-state index is 12.8. The van der Waals surface area contributed by atoms with Crippen molar-refractivity contribution in [3.8, 4) is 0 Å². The lowest BCUT2D eigenvalue weighted by Gasteiger charge is -2.21. The highest BCUT2D eigenvalue weighted by Crippen LogP contribution is 2.15. The van der Waals surface area contributed by atoms with E-state index in [0.29, 0.717) is 34.0 Å². The molecule has 2 heterocycles. The van der Waals surface area contributed by atoms with Gasteiger partial charge in [0.25, 0.3) is 11.5 Å². The molecule has 2 aromatic heterocycles. The summed E-state index contributed by atoms with van der Waals surface area (Å²) in [4.78, 5) is 38.2. The van der Waals surface area contributed by atoms with Gasteiger partial charge in [0.15, 0.2) is 0 Å². The van der Waals surface area contributed by atoms with Gasteiger partial charge in [0.2, 0.25) is 0 Å². The number of pyridine rings is 1. The smallest absolute Gasteiger partial charge is 0.272 e. The molecule has 0 aliphatic rings. The van der Waals surface area contributed by atoms with E-state index in [1.165, 1.54) is 0 Å². The summed E-state index contributed by atoms with van der Waals surface area (Å²) < 4.78 is 0. The van der Waals surface area contributed by atoms with Crippen LogP contribution in [0, 0.1) is 6.92 Å². The van der Waals surface area contributed by atoms with Gasteiger partial charge in [-0.15, -0.1) is 0 Å². The van der Waals surface area contributed by atoms with Crippen LogP contribution >= 0.6 is 11.6 Å². The first-order valence-electron chi connectivity index (χ1n) is 8.39. The normalized spacial score (nSPS) is 10.9. The van der Waals surface area contributed by atoms with E-state index in [-0.39, 0.29) is 18.0 Å². The molecular formula is C19H19ClN4O2. The number of H-pyrrole nitrogens is 1. The van der Waals surface area contributed by atoms with Crippen molar-refractivity contribution in [2.24, 2.45) is 0 Å². The third kappa shape index (κ3) is 3.91. The zero-order chi connectivity index (χ0) is 18.7. The summed E-state index contributed by atoms with van der Waals surface area (Å²) in [5.74, 6) is 0.226. The topological polar surface area (TPSA) is 79.0 Å². The summed E-state index contributed by atoms with van der Waals surface area (Å²) in [6.07, 6.45) is 0.779. The number of hydrogen-bond acceptors (Lipinski definition) is 4. The Balaban J connectivity index is 1.94. The molecule has 0 spiro atoms. The lowest BCUT2D eigenvalue weighted by atomic mass is 10.2. The number of carbonyl (C=O) groups excluding carboxylic acids is 1. The predicted molar refractivity (Wildman–Crippen MR) is 101 cm³/mol. The molecular weight excluding hydrogens is 352 g/mol. The van der Waals surface area contributed by atoms with Crippen molar-refractivity contribution in [3.63, 3.8) is 0 Å². The van der Waals surface area contributed by atoms with Crippen LogP contribution in [0.15, 0.2) is 41.2 Å². The number of aromatic nitrogens is 3. The Labute approximate surface area is 155 Å². The SMILES string of the molecule is CCCN(Cc1nc2cc(Cl)ccc2c(=O)[nH]1)C(=O)c1cccc(C)n1. The molecule has 0 saturated heterocycles. The van der Waals surface area contributed by atoms with Crippen LogP contribution in [0.4, 0.5) is 0 Å². The summed E-state index contributed by atoms with van der Waals surface area (Å²) in [6, 6.07) is 10.3. The Morgan fingerprint density at radius 2 is 2.04 bits per heavy atom. The quantitative estimate of drug-likeness (QED) is 0.747. The van der Waals surface area contributed by atoms with Gasteiger partial charge in [0.05, 0.1) is 17.4 Å². The van der Waals surface area contributed by atoms with E-state index in [2.05, 4.69) is 15.0 Å². The van der Waals surface area contributed by atoms with E-state index in [1.54, 1.807) is 35.2 Å². The van der Waals surface area contributed by atoms with Crippen molar-refractivity contribution in [1.82, 2.24) is 19.9 Å². The van der Waals surface area contributed by atoms with Crippen LogP contribution in [-0.2, 0) is 6.54 Å². The molecule has 134 valence electrons. The van der Waals surface area contributed by atoms with E-state index in [9.17, 15) is 9.59 Å². The monoisotopic (exact) mass is 370 g/mol. The second-order valence-electron chi connectivity index (χ2n) is 6.07. The third-order valence-corrected chi connectivity index (χ3v) is 4.18. The van der Waals surface area contributed by atoms with Crippen molar-refractivity contribution < 1.29 is 4.79 Å². The van der Waals surface area contributed by atoms with Gasteiger partial charge in [0, 0.05) is 17.3 Å². The Bertz CT molecular complexity index is 1020. The minimum atomic E-state index is -0.251. The maximum Gasteiger partial charge on any atom is 0.272 e. The second-order valence-corrected chi connectivity index (χ2v) is 6.50. The first-order chi connectivity index (χ1) is 12.5. The van der Waals surface area contributed by atoms with E-state index in [0.717, 1.165) is 12.1 Å². The number of amides is 1. The maximum atomic E-state index is 12.8. The summed E-state index contributed by atoms with van der Waals surface area (Å²) in [6.45, 7) is 4.55. The number of carbonyl (C=O) groups is 1. The molecule has 3 aromatic rings. The van der Waals surface area contributed by atoms with Crippen LogP contribution in [0.1, 0.15) is 35.4 Å². The van der Waals surface area contributed by atoms with Gasteiger partial charge in [-0.2, -0.15) is 0 Å². The fourth-order valence-electron chi connectivity index (χ4n) is 2.76. The van der Waals surface area contributed by atoms with Crippen LogP contribution in [0.3, 0.4) is 0 Å². The Hall–Kier alpha value is -2.73. The number of nitrogens with one attached hydrogen (secondary N) is 1. The van der Waals surface area contributed by atoms with Crippen molar-refractivity contribution in [2.75, 3.05) is 6.54 Å². The van der Waals surface area contributed by atoms with Gasteiger partial charge in [-0.1, -0.05) is 24.6 Å². The summed E-state index contributed by atoms with van der Waals surface area (Å²) in [7, 11) is 0. The number of aryl methyl sites for hydroxylation is 1. The number of nitrogens with zero attached hydrogens (tertiary/aromatic N) is 3. The van der Waals surface area contributed by atoms with Crippen LogP contribution in [-0.4, -0.2) is 32.3 Å². The first kappa shape index (κ1) is 18.1. The highest BCUT2D eigenvalue weighted by Gasteiger charge is 2.18. The number of aromatic amines is 1. The zero-order valence-electron chi connectivity index (χ0n) is 14.6. The highest BCUT2D eigenvalue weighted by atomic mass is 35.5. The zero-order valence-corrected chi connectivity index (χ0v) is 15.4. The van der Waals surface area contributed by atoms with Gasteiger partial charge in [-0.25, -0.2) is 9.97 Å². The Morgan fingerprint density at radius 3 is 2.77 bits per heavy atom. The van der Waals surface area contributed by atoms with Crippen LogP contribution in [0.5, 0.6) is 0 Å². The Kier molecular flexibility index (Phi) is 5.32. The largest absolute Gasteiger partial charge is 0.330 e. The molecule has 0 aliphatic heterocycles. The first-order valence-corrected chi connectivity index (χ1v) is 8.77. The van der Waals surface area contributed by atoms with Crippen LogP contribution < -0.4 is 5.56 Å². The molecule has 0 atom stereocenters. The lowest BCUT2D eigenvalue weighted by molar-refractivity contribution is 0.0732. The molecule has 0 unspecified atom stereocenters. The number of rotatable bonds is 5. The van der Waals surface area contributed by atoms with Gasteiger partial charge in [-0.3, -0.25) is 9.59 Å². The average molecular weight is 371 g/mol. The fourth-order valence-corrected chi connectivity index (χ4v) is 2.93. The van der Waals surface area contributed by atoms with Gasteiger partial charge in [-0.05, 0) is 43.7 Å². The molecule has 7 heteroatoms. The minimum absolute atomic E-state index is 0.190. The summed E-state index contributed by atoms with van der Waals surface area (Å²) in [5, 5.41) is 0.971. The molecule has 1 N–H and O–H groups in total. The van der Waals surface area contributed by atoms with Gasteiger partial charge >= 0.3 is 0 Å². The molecule has 0 bridgehead atoms. The van der Waals surface area contributed by atoms with Crippen LogP contribution in [0.25, 0.3) is 10.9 Å². The second kappa shape index (κ2) is 7.66. The van der Waals surface area contributed by atoms with Gasteiger partial charge in [0.1, 0.15) is 11.5 Å². The molecule has 0 saturated carbocycles. The number of fused-ring (bicyclic) bond motifs is 1. The van der Waals surface area contributed by atoms with E-state index >= 15 is 0 Å². The molecule has 3 rings (SSSR count). The van der Waals surface area contributed by atoms with E-state index in [1.807, 2.05) is 19.9 Å². The van der Waals surface area contributed by atoms with Crippen LogP contribution in [0.2, 0.25) is 5.02 Å². The molecule has 1 aromatic carbocycles. The number of benzene rings is 1. The van der Waals surface area contributed by atoms with Crippen molar-refractivity contribution >= 4 is 28.4 Å². The molecule has 0 aliphatic carbocycles. The van der Waals surface area contributed by atoms with E-state index in [4.69, 9.17) is 11.6 Å². The molecule has 0 fully saturated rings. The number of halogens is 1. The average Bonchev–Trinajstić information content (AvgIpc) is 2.60. The molecule has 0 radical (unpaired) electrons. The number of hydrogen-bond donors (Lipinski definition) is 1. The molecule has 6 nitrogen and oxygen atoms in total. The summed E-state index contributed by atoms with van der Waals surface area (Å²) in [5.41, 5.74) is 1.41. The van der Waals surface area contributed by atoms with E-state index < -0.39 is 0 Å². The van der Waals surface area contributed by atoms with Crippen molar-refractivity contribution in [1.29, 1.82) is 0 Å². The highest BCUT2D eigenvalue weighted by molar-refractivity contribution is 6.31. The lowest BCUT2D eigenvalue weighted by Crippen LogP contribution is -2.33. The van der Waals surface area contributed by atoms with Gasteiger partial charge < -0.3 is 9.88 Å². The minimum Gasteiger partial charge on any atom is -0.330 e. The Morgan fingerprint density at radius 1 is 1.23 bits per heavy atom. The standard InChI is InChI=1S/C19H19ClN4O2/c1-3-9-24(19(26)15-6-4-5-12(2)21-15)11-17-22-16-10-13(20)7-8-14(16)18(25)23-17/h4-8,10H,3,9,11H2,1-2H3,(H,22,23,25). The molecule has 1 amide bonds. The molecule has 26 heavy (non-hydrogen) atoms. The van der Waals surface area contributed by atoms with Crippen molar-refractivity contribution in [2.45, 2.75) is 26.8 Å². The summed E-state index contributed by atoms with van der Waals surface area (Å²) >= 11 is 6.00.